The Bertz CT molecular complexity index is 846. The van der Waals surface area contributed by atoms with Crippen molar-refractivity contribution in [2.45, 2.75) is 33.1 Å². The third-order valence-electron chi connectivity index (χ3n) is 5.61. The van der Waals surface area contributed by atoms with Gasteiger partial charge in [-0.2, -0.15) is 0 Å². The number of piperidine rings is 1. The van der Waals surface area contributed by atoms with E-state index in [2.05, 4.69) is 34.9 Å². The highest BCUT2D eigenvalue weighted by Gasteiger charge is 2.23. The summed E-state index contributed by atoms with van der Waals surface area (Å²) in [4.78, 5) is 26.3. The van der Waals surface area contributed by atoms with E-state index in [-0.39, 0.29) is 12.5 Å². The van der Waals surface area contributed by atoms with Gasteiger partial charge in [0.15, 0.2) is 0 Å². The van der Waals surface area contributed by atoms with E-state index in [1.54, 1.807) is 6.92 Å². The van der Waals surface area contributed by atoms with E-state index in [0.717, 1.165) is 43.6 Å². The predicted molar refractivity (Wildman–Crippen MR) is 120 cm³/mol. The Morgan fingerprint density at radius 3 is 2.43 bits per heavy atom. The highest BCUT2D eigenvalue weighted by Crippen LogP contribution is 2.24. The Morgan fingerprint density at radius 1 is 1.03 bits per heavy atom. The maximum atomic E-state index is 12.7. The first kappa shape index (κ1) is 21.7. The van der Waals surface area contributed by atoms with Crippen LogP contribution in [0.5, 0.6) is 0 Å². The third kappa shape index (κ3) is 5.99. The fourth-order valence-corrected chi connectivity index (χ4v) is 3.86. The second-order valence-corrected chi connectivity index (χ2v) is 7.69. The van der Waals surface area contributed by atoms with Crippen molar-refractivity contribution < 1.29 is 14.3 Å². The number of ether oxygens (including phenoxy) is 1. The van der Waals surface area contributed by atoms with Crippen molar-refractivity contribution in [1.29, 1.82) is 0 Å². The number of carbonyl (C=O) groups is 2. The van der Waals surface area contributed by atoms with Gasteiger partial charge in [0, 0.05) is 24.5 Å². The number of nitrogens with zero attached hydrogens (tertiary/aromatic N) is 1. The average Bonchev–Trinajstić information content (AvgIpc) is 2.75. The van der Waals surface area contributed by atoms with Crippen molar-refractivity contribution in [3.63, 3.8) is 0 Å². The number of amides is 2. The molecule has 0 unspecified atom stereocenters. The Balaban J connectivity index is 1.47. The van der Waals surface area contributed by atoms with Crippen LogP contribution in [-0.2, 0) is 16.0 Å². The molecule has 0 radical (unpaired) electrons. The Kier molecular flexibility index (Phi) is 7.71. The fraction of sp³-hybridized carbons (Fsp3) is 0.417. The molecule has 1 aliphatic rings. The molecule has 3 rings (SSSR count). The summed E-state index contributed by atoms with van der Waals surface area (Å²) < 4.78 is 4.93. The molecule has 2 aromatic carbocycles. The van der Waals surface area contributed by atoms with Crippen LogP contribution in [0.25, 0.3) is 0 Å². The smallest absolute Gasteiger partial charge is 0.411 e. The molecule has 2 aromatic rings. The lowest BCUT2D eigenvalue weighted by Crippen LogP contribution is -2.41. The lowest BCUT2D eigenvalue weighted by atomic mass is 9.90. The molecule has 1 heterocycles. The fourth-order valence-electron chi connectivity index (χ4n) is 3.86. The number of rotatable bonds is 7. The molecule has 0 saturated carbocycles. The second-order valence-electron chi connectivity index (χ2n) is 7.69. The van der Waals surface area contributed by atoms with Gasteiger partial charge in [0.2, 0.25) is 5.91 Å². The molecule has 2 amide bonds. The van der Waals surface area contributed by atoms with Gasteiger partial charge in [-0.25, -0.2) is 4.79 Å². The summed E-state index contributed by atoms with van der Waals surface area (Å²) in [5.74, 6) is 0.744. The second kappa shape index (κ2) is 10.7. The van der Waals surface area contributed by atoms with E-state index in [1.165, 1.54) is 5.56 Å². The van der Waals surface area contributed by atoms with Crippen LogP contribution in [0, 0.1) is 12.8 Å². The van der Waals surface area contributed by atoms with Crippen molar-refractivity contribution >= 4 is 23.4 Å². The lowest BCUT2D eigenvalue weighted by Gasteiger charge is -2.32. The SMILES string of the molecule is CCOC(=O)Nc1cccc(NCC(=O)N2CCC(Cc3ccccc3)CC2)c1C. The highest BCUT2D eigenvalue weighted by molar-refractivity contribution is 5.87. The highest BCUT2D eigenvalue weighted by atomic mass is 16.5. The van der Waals surface area contributed by atoms with Crippen LogP contribution in [-0.4, -0.2) is 43.1 Å². The van der Waals surface area contributed by atoms with Crippen LogP contribution in [0.1, 0.15) is 30.9 Å². The molecule has 1 fully saturated rings. The summed E-state index contributed by atoms with van der Waals surface area (Å²) in [5.41, 5.74) is 3.75. The first-order valence-corrected chi connectivity index (χ1v) is 10.7. The molecule has 6 heteroatoms. The maximum absolute atomic E-state index is 12.7. The molecule has 0 aromatic heterocycles. The molecule has 0 spiro atoms. The predicted octanol–water partition coefficient (Wildman–Crippen LogP) is 4.46. The van der Waals surface area contributed by atoms with Gasteiger partial charge in [0.1, 0.15) is 0 Å². The molecule has 0 atom stereocenters. The van der Waals surface area contributed by atoms with Crippen LogP contribution in [0.3, 0.4) is 0 Å². The Hall–Kier alpha value is -3.02. The van der Waals surface area contributed by atoms with Gasteiger partial charge in [-0.05, 0) is 62.3 Å². The van der Waals surface area contributed by atoms with Gasteiger partial charge < -0.3 is 15.0 Å². The van der Waals surface area contributed by atoms with Gasteiger partial charge in [0.25, 0.3) is 0 Å². The zero-order valence-corrected chi connectivity index (χ0v) is 17.8. The topological polar surface area (TPSA) is 70.7 Å². The number of anilines is 2. The van der Waals surface area contributed by atoms with Gasteiger partial charge in [-0.3, -0.25) is 10.1 Å². The van der Waals surface area contributed by atoms with E-state index < -0.39 is 6.09 Å². The largest absolute Gasteiger partial charge is 0.450 e. The van der Waals surface area contributed by atoms with Crippen molar-refractivity contribution in [2.75, 3.05) is 36.9 Å². The number of nitrogens with one attached hydrogen (secondary N) is 2. The van der Waals surface area contributed by atoms with E-state index in [4.69, 9.17) is 4.74 Å². The number of hydrogen-bond donors (Lipinski definition) is 2. The lowest BCUT2D eigenvalue weighted by molar-refractivity contribution is -0.130. The molecule has 0 aliphatic carbocycles. The minimum absolute atomic E-state index is 0.108. The van der Waals surface area contributed by atoms with E-state index in [1.807, 2.05) is 36.1 Å². The average molecular weight is 410 g/mol. The molecule has 1 aliphatic heterocycles. The minimum Gasteiger partial charge on any atom is -0.450 e. The molecule has 160 valence electrons. The molecular formula is C24H31N3O3. The van der Waals surface area contributed by atoms with Gasteiger partial charge in [-0.1, -0.05) is 36.4 Å². The summed E-state index contributed by atoms with van der Waals surface area (Å²) in [6.07, 6.45) is 2.69. The number of benzene rings is 2. The van der Waals surface area contributed by atoms with E-state index >= 15 is 0 Å². The zero-order chi connectivity index (χ0) is 21.3. The summed E-state index contributed by atoms with van der Waals surface area (Å²) in [6, 6.07) is 16.1. The number of hydrogen-bond acceptors (Lipinski definition) is 4. The number of likely N-dealkylation sites (tertiary alicyclic amines) is 1. The standard InChI is InChI=1S/C24H31N3O3/c1-3-30-24(29)26-22-11-7-10-21(18(22)2)25-17-23(28)27-14-12-20(13-15-27)16-19-8-5-4-6-9-19/h4-11,20,25H,3,12-17H2,1-2H3,(H,26,29). The van der Waals surface area contributed by atoms with Crippen molar-refractivity contribution in [1.82, 2.24) is 4.90 Å². The molecule has 1 saturated heterocycles. The van der Waals surface area contributed by atoms with Crippen LogP contribution < -0.4 is 10.6 Å². The summed E-state index contributed by atoms with van der Waals surface area (Å²) >= 11 is 0. The van der Waals surface area contributed by atoms with Crippen LogP contribution in [0.2, 0.25) is 0 Å². The van der Waals surface area contributed by atoms with Gasteiger partial charge >= 0.3 is 6.09 Å². The molecule has 30 heavy (non-hydrogen) atoms. The molecular weight excluding hydrogens is 378 g/mol. The monoisotopic (exact) mass is 409 g/mol. The van der Waals surface area contributed by atoms with Crippen molar-refractivity contribution in [3.05, 3.63) is 59.7 Å². The minimum atomic E-state index is -0.479. The van der Waals surface area contributed by atoms with E-state index in [9.17, 15) is 9.59 Å². The molecule has 2 N–H and O–H groups in total. The molecule has 6 nitrogen and oxygen atoms in total. The van der Waals surface area contributed by atoms with Gasteiger partial charge in [-0.15, -0.1) is 0 Å². The summed E-state index contributed by atoms with van der Waals surface area (Å²) in [7, 11) is 0. The molecule has 0 bridgehead atoms. The normalized spacial score (nSPS) is 14.3. The van der Waals surface area contributed by atoms with Crippen LogP contribution >= 0.6 is 0 Å². The van der Waals surface area contributed by atoms with Crippen molar-refractivity contribution in [2.24, 2.45) is 5.92 Å². The first-order chi connectivity index (χ1) is 14.6. The summed E-state index contributed by atoms with van der Waals surface area (Å²) in [5, 5.41) is 5.95. The first-order valence-electron chi connectivity index (χ1n) is 10.7. The maximum Gasteiger partial charge on any atom is 0.411 e. The third-order valence-corrected chi connectivity index (χ3v) is 5.61. The zero-order valence-electron chi connectivity index (χ0n) is 17.8. The van der Waals surface area contributed by atoms with Crippen molar-refractivity contribution in [3.8, 4) is 0 Å². The summed E-state index contributed by atoms with van der Waals surface area (Å²) in [6.45, 7) is 5.85. The number of carbonyl (C=O) groups excluding carboxylic acids is 2. The van der Waals surface area contributed by atoms with E-state index in [0.29, 0.717) is 18.2 Å². The Morgan fingerprint density at radius 2 is 1.73 bits per heavy atom. The van der Waals surface area contributed by atoms with Crippen LogP contribution in [0.4, 0.5) is 16.2 Å². The Labute approximate surface area is 178 Å². The van der Waals surface area contributed by atoms with Gasteiger partial charge in [0.05, 0.1) is 13.2 Å². The quantitative estimate of drug-likeness (QED) is 0.708. The van der Waals surface area contributed by atoms with Crippen LogP contribution in [0.15, 0.2) is 48.5 Å².